The first-order chi connectivity index (χ1) is 17.9. The number of fused-ring (bicyclic) bond motifs is 2. The van der Waals surface area contributed by atoms with Crippen molar-refractivity contribution in [2.24, 2.45) is 0 Å². The lowest BCUT2D eigenvalue weighted by Gasteiger charge is -2.40. The molecule has 6 rings (SSSR count). The van der Waals surface area contributed by atoms with Gasteiger partial charge in [0.25, 0.3) is 0 Å². The number of aliphatic hydroxyl groups excluding tert-OH is 1. The third-order valence-electron chi connectivity index (χ3n) is 7.32. The zero-order chi connectivity index (χ0) is 25.5. The van der Waals surface area contributed by atoms with E-state index in [0.717, 1.165) is 44.9 Å². The molecule has 0 unspecified atom stereocenters. The first-order valence-corrected chi connectivity index (χ1v) is 12.7. The van der Waals surface area contributed by atoms with Crippen molar-refractivity contribution in [3.8, 4) is 16.9 Å². The Balaban J connectivity index is 1.27. The van der Waals surface area contributed by atoms with E-state index in [-0.39, 0.29) is 17.9 Å². The fourth-order valence-electron chi connectivity index (χ4n) is 5.41. The number of nitrogens with zero attached hydrogens (tertiary/aromatic N) is 3. The summed E-state index contributed by atoms with van der Waals surface area (Å²) in [6.45, 7) is 3.65. The van der Waals surface area contributed by atoms with Crippen LogP contribution in [-0.4, -0.2) is 56.7 Å². The molecule has 0 bridgehead atoms. The van der Waals surface area contributed by atoms with Gasteiger partial charge in [0.05, 0.1) is 36.3 Å². The topological polar surface area (TPSA) is 81.7 Å². The standard InChI is InChI=1S/C29H29FN4O3/c1-18-31-25-8-4-21(15-26(25)32-18)20-5-9-28-22(14-20)17-33(12-13-37-28)29(36)34-11-10-24(35)16-27(34)19-2-6-23(30)7-3-19/h2-9,14-15,24,27,35H,10-13,16-17H2,1H3,(H,31,32)/t24-,27-/m1/s1. The Hall–Kier alpha value is -3.91. The summed E-state index contributed by atoms with van der Waals surface area (Å²) in [6, 6.07) is 18.0. The highest BCUT2D eigenvalue weighted by molar-refractivity contribution is 5.82. The number of nitrogens with one attached hydrogen (secondary N) is 1. The molecule has 0 saturated carbocycles. The molecule has 3 aromatic carbocycles. The lowest BCUT2D eigenvalue weighted by molar-refractivity contribution is 0.0456. The van der Waals surface area contributed by atoms with Crippen molar-refractivity contribution in [2.45, 2.75) is 38.5 Å². The number of imidazole rings is 1. The van der Waals surface area contributed by atoms with Crippen LogP contribution in [0.3, 0.4) is 0 Å². The second-order valence-corrected chi connectivity index (χ2v) is 9.87. The number of benzene rings is 3. The van der Waals surface area contributed by atoms with E-state index in [1.54, 1.807) is 12.1 Å². The van der Waals surface area contributed by atoms with E-state index in [0.29, 0.717) is 39.1 Å². The molecule has 0 radical (unpaired) electrons. The number of aromatic nitrogens is 2. The van der Waals surface area contributed by atoms with Gasteiger partial charge in [-0.15, -0.1) is 0 Å². The summed E-state index contributed by atoms with van der Waals surface area (Å²) < 4.78 is 19.6. The Morgan fingerprint density at radius 2 is 1.86 bits per heavy atom. The Kier molecular flexibility index (Phi) is 6.04. The van der Waals surface area contributed by atoms with E-state index < -0.39 is 6.10 Å². The van der Waals surface area contributed by atoms with Crippen LogP contribution < -0.4 is 4.74 Å². The van der Waals surface area contributed by atoms with Crippen LogP contribution in [0.5, 0.6) is 5.75 Å². The molecule has 190 valence electrons. The van der Waals surface area contributed by atoms with Crippen LogP contribution in [0.2, 0.25) is 0 Å². The number of carbonyl (C=O) groups excluding carboxylic acids is 1. The molecule has 1 fully saturated rings. The number of H-pyrrole nitrogens is 1. The number of aromatic amines is 1. The molecular formula is C29H29FN4O3. The Labute approximate surface area is 214 Å². The Morgan fingerprint density at radius 3 is 2.70 bits per heavy atom. The SMILES string of the molecule is Cc1nc2ccc(-c3ccc4c(c3)CN(C(=O)N3CC[C@@H](O)C[C@@H]3c3ccc(F)cc3)CCO4)cc2[nH]1. The largest absolute Gasteiger partial charge is 0.491 e. The van der Waals surface area contributed by atoms with Gasteiger partial charge in [-0.25, -0.2) is 14.2 Å². The fourth-order valence-corrected chi connectivity index (χ4v) is 5.41. The normalized spacial score (nSPS) is 19.9. The third kappa shape index (κ3) is 4.64. The molecule has 4 aromatic rings. The lowest BCUT2D eigenvalue weighted by atomic mass is 9.93. The van der Waals surface area contributed by atoms with Crippen molar-refractivity contribution in [2.75, 3.05) is 19.7 Å². The van der Waals surface area contributed by atoms with Gasteiger partial charge in [-0.2, -0.15) is 0 Å². The van der Waals surface area contributed by atoms with E-state index in [1.807, 2.05) is 34.9 Å². The smallest absolute Gasteiger partial charge is 0.320 e. The highest BCUT2D eigenvalue weighted by atomic mass is 19.1. The maximum Gasteiger partial charge on any atom is 0.320 e. The van der Waals surface area contributed by atoms with Crippen molar-refractivity contribution < 1.29 is 19.0 Å². The Morgan fingerprint density at radius 1 is 1.08 bits per heavy atom. The quantitative estimate of drug-likeness (QED) is 0.397. The number of rotatable bonds is 2. The summed E-state index contributed by atoms with van der Waals surface area (Å²) in [7, 11) is 0. The molecule has 3 heterocycles. The lowest BCUT2D eigenvalue weighted by Crippen LogP contribution is -2.49. The van der Waals surface area contributed by atoms with Crippen molar-refractivity contribution in [3.05, 3.63) is 83.4 Å². The fraction of sp³-hybridized carbons (Fsp3) is 0.310. The van der Waals surface area contributed by atoms with Gasteiger partial charge in [-0.3, -0.25) is 0 Å². The Bertz CT molecular complexity index is 1450. The second kappa shape index (κ2) is 9.52. The molecular weight excluding hydrogens is 471 g/mol. The van der Waals surface area contributed by atoms with Crippen LogP contribution in [0.4, 0.5) is 9.18 Å². The number of halogens is 1. The number of aryl methyl sites for hydroxylation is 1. The average molecular weight is 501 g/mol. The molecule has 0 aliphatic carbocycles. The van der Waals surface area contributed by atoms with Gasteiger partial charge in [0.2, 0.25) is 0 Å². The van der Waals surface area contributed by atoms with Gasteiger partial charge in [-0.1, -0.05) is 24.3 Å². The van der Waals surface area contributed by atoms with Crippen LogP contribution in [0.25, 0.3) is 22.2 Å². The maximum absolute atomic E-state index is 13.8. The minimum Gasteiger partial charge on any atom is -0.491 e. The molecule has 7 nitrogen and oxygen atoms in total. The first kappa shape index (κ1) is 23.5. The number of ether oxygens (including phenoxy) is 1. The van der Waals surface area contributed by atoms with E-state index in [9.17, 15) is 14.3 Å². The monoisotopic (exact) mass is 500 g/mol. The summed E-state index contributed by atoms with van der Waals surface area (Å²) in [5.41, 5.74) is 5.78. The van der Waals surface area contributed by atoms with Gasteiger partial charge < -0.3 is 24.6 Å². The number of urea groups is 1. The average Bonchev–Trinajstić information content (AvgIpc) is 3.14. The number of carbonyl (C=O) groups is 1. The number of amides is 2. The number of aliphatic hydroxyl groups is 1. The van der Waals surface area contributed by atoms with E-state index >= 15 is 0 Å². The maximum atomic E-state index is 13.8. The zero-order valence-corrected chi connectivity index (χ0v) is 20.7. The van der Waals surface area contributed by atoms with Gasteiger partial charge in [0.1, 0.15) is 24.0 Å². The first-order valence-electron chi connectivity index (χ1n) is 12.7. The zero-order valence-electron chi connectivity index (χ0n) is 20.7. The van der Waals surface area contributed by atoms with Crippen molar-refractivity contribution >= 4 is 17.1 Å². The molecule has 8 heteroatoms. The van der Waals surface area contributed by atoms with E-state index in [2.05, 4.69) is 28.2 Å². The second-order valence-electron chi connectivity index (χ2n) is 9.87. The van der Waals surface area contributed by atoms with Crippen molar-refractivity contribution in [3.63, 3.8) is 0 Å². The van der Waals surface area contributed by atoms with Gasteiger partial charge >= 0.3 is 6.03 Å². The number of hydrogen-bond donors (Lipinski definition) is 2. The van der Waals surface area contributed by atoms with Gasteiger partial charge in [-0.05, 0) is 72.9 Å². The van der Waals surface area contributed by atoms with Crippen LogP contribution in [0.15, 0.2) is 60.7 Å². The number of hydrogen-bond acceptors (Lipinski definition) is 4. The summed E-state index contributed by atoms with van der Waals surface area (Å²) in [5, 5.41) is 10.3. The minimum absolute atomic E-state index is 0.0996. The molecule has 2 aliphatic heterocycles. The molecule has 2 amide bonds. The molecule has 0 spiro atoms. The third-order valence-corrected chi connectivity index (χ3v) is 7.32. The predicted molar refractivity (Wildman–Crippen MR) is 139 cm³/mol. The molecule has 1 aromatic heterocycles. The summed E-state index contributed by atoms with van der Waals surface area (Å²) in [5.74, 6) is 1.33. The van der Waals surface area contributed by atoms with Crippen LogP contribution >= 0.6 is 0 Å². The van der Waals surface area contributed by atoms with Crippen LogP contribution in [-0.2, 0) is 6.54 Å². The molecule has 2 atom stereocenters. The summed E-state index contributed by atoms with van der Waals surface area (Å²) in [4.78, 5) is 25.2. The number of likely N-dealkylation sites (tertiary alicyclic amines) is 1. The van der Waals surface area contributed by atoms with Gasteiger partial charge in [0.15, 0.2) is 0 Å². The molecule has 2 N–H and O–H groups in total. The summed E-state index contributed by atoms with van der Waals surface area (Å²) >= 11 is 0. The van der Waals surface area contributed by atoms with Gasteiger partial charge in [0, 0.05) is 12.1 Å². The highest BCUT2D eigenvalue weighted by Crippen LogP contribution is 2.34. The van der Waals surface area contributed by atoms with E-state index in [4.69, 9.17) is 4.74 Å². The minimum atomic E-state index is -0.495. The molecule has 2 aliphatic rings. The summed E-state index contributed by atoms with van der Waals surface area (Å²) in [6.07, 6.45) is 0.452. The van der Waals surface area contributed by atoms with Crippen molar-refractivity contribution in [1.29, 1.82) is 0 Å². The van der Waals surface area contributed by atoms with Crippen LogP contribution in [0, 0.1) is 12.7 Å². The van der Waals surface area contributed by atoms with Crippen molar-refractivity contribution in [1.82, 2.24) is 19.8 Å². The van der Waals surface area contributed by atoms with E-state index in [1.165, 1.54) is 12.1 Å². The number of piperidine rings is 1. The predicted octanol–water partition coefficient (Wildman–Crippen LogP) is 5.19. The van der Waals surface area contributed by atoms with Crippen LogP contribution in [0.1, 0.15) is 35.8 Å². The molecule has 37 heavy (non-hydrogen) atoms. The highest BCUT2D eigenvalue weighted by Gasteiger charge is 2.35. The molecule has 1 saturated heterocycles.